The highest BCUT2D eigenvalue weighted by molar-refractivity contribution is 5.72. The molecule has 1 aromatic carbocycles. The number of fused-ring (bicyclic) bond motifs is 1. The molecule has 2 atom stereocenters. The fourth-order valence-corrected chi connectivity index (χ4v) is 2.18. The lowest BCUT2D eigenvalue weighted by Crippen LogP contribution is -2.16. The van der Waals surface area contributed by atoms with Crippen molar-refractivity contribution in [3.05, 3.63) is 12.1 Å². The molecule has 0 aromatic heterocycles. The van der Waals surface area contributed by atoms with E-state index >= 15 is 0 Å². The number of ether oxygens (including phenoxy) is 2. The van der Waals surface area contributed by atoms with Gasteiger partial charge >= 0.3 is 0 Å². The standard InChI is InChI=1S/C13H18N2O2/c1-8-4-9(8)7-15-11-6-13-12(5-10(11)14)16-2-3-17-13/h5-6,8-9,15H,2-4,7,14H2,1H3. The molecule has 3 rings (SSSR count). The van der Waals surface area contributed by atoms with Crippen LogP contribution in [0.1, 0.15) is 13.3 Å². The summed E-state index contributed by atoms with van der Waals surface area (Å²) in [6, 6.07) is 3.78. The summed E-state index contributed by atoms with van der Waals surface area (Å²) in [6.07, 6.45) is 1.32. The molecule has 17 heavy (non-hydrogen) atoms. The van der Waals surface area contributed by atoms with Gasteiger partial charge in [-0.3, -0.25) is 0 Å². The Kier molecular flexibility index (Phi) is 2.50. The van der Waals surface area contributed by atoms with Gasteiger partial charge in [-0.15, -0.1) is 0 Å². The second-order valence-corrected chi connectivity index (χ2v) is 4.94. The first-order valence-electron chi connectivity index (χ1n) is 6.17. The average molecular weight is 234 g/mol. The van der Waals surface area contributed by atoms with Crippen LogP contribution in [0.4, 0.5) is 11.4 Å². The van der Waals surface area contributed by atoms with Gasteiger partial charge < -0.3 is 20.5 Å². The van der Waals surface area contributed by atoms with Gasteiger partial charge in [-0.05, 0) is 18.3 Å². The van der Waals surface area contributed by atoms with Gasteiger partial charge in [-0.25, -0.2) is 0 Å². The average Bonchev–Trinajstić information content (AvgIpc) is 3.03. The van der Waals surface area contributed by atoms with Crippen LogP contribution < -0.4 is 20.5 Å². The molecule has 0 saturated heterocycles. The molecular formula is C13H18N2O2. The fraction of sp³-hybridized carbons (Fsp3) is 0.538. The second-order valence-electron chi connectivity index (χ2n) is 4.94. The van der Waals surface area contributed by atoms with Crippen LogP contribution in [0.25, 0.3) is 0 Å². The number of hydrogen-bond acceptors (Lipinski definition) is 4. The Hall–Kier alpha value is -1.58. The fourth-order valence-electron chi connectivity index (χ4n) is 2.18. The molecule has 1 aliphatic heterocycles. The Bertz CT molecular complexity index is 434. The number of anilines is 2. The van der Waals surface area contributed by atoms with Crippen molar-refractivity contribution in [1.29, 1.82) is 0 Å². The third-order valence-corrected chi connectivity index (χ3v) is 3.55. The van der Waals surface area contributed by atoms with Crippen LogP contribution in [0.2, 0.25) is 0 Å². The molecule has 1 aromatic rings. The maximum Gasteiger partial charge on any atom is 0.163 e. The normalized spacial score (nSPS) is 25.5. The molecule has 2 aliphatic rings. The van der Waals surface area contributed by atoms with E-state index in [2.05, 4.69) is 12.2 Å². The summed E-state index contributed by atoms with van der Waals surface area (Å²) >= 11 is 0. The molecule has 92 valence electrons. The lowest BCUT2D eigenvalue weighted by Gasteiger charge is -2.20. The van der Waals surface area contributed by atoms with Crippen molar-refractivity contribution >= 4 is 11.4 Å². The molecule has 0 amide bonds. The lowest BCUT2D eigenvalue weighted by molar-refractivity contribution is 0.172. The van der Waals surface area contributed by atoms with Crippen molar-refractivity contribution in [1.82, 2.24) is 0 Å². The topological polar surface area (TPSA) is 56.5 Å². The van der Waals surface area contributed by atoms with Gasteiger partial charge in [0.05, 0.1) is 11.4 Å². The van der Waals surface area contributed by atoms with Crippen molar-refractivity contribution in [3.63, 3.8) is 0 Å². The van der Waals surface area contributed by atoms with Crippen LogP contribution in [0.5, 0.6) is 11.5 Å². The minimum absolute atomic E-state index is 0.596. The van der Waals surface area contributed by atoms with Crippen molar-refractivity contribution in [2.75, 3.05) is 30.8 Å². The summed E-state index contributed by atoms with van der Waals surface area (Å²) in [5.74, 6) is 3.18. The van der Waals surface area contributed by atoms with Crippen LogP contribution in [0.15, 0.2) is 12.1 Å². The molecule has 2 unspecified atom stereocenters. The minimum atomic E-state index is 0.596. The van der Waals surface area contributed by atoms with Crippen LogP contribution >= 0.6 is 0 Å². The number of nitrogens with one attached hydrogen (secondary N) is 1. The van der Waals surface area contributed by atoms with E-state index in [1.807, 2.05) is 12.1 Å². The van der Waals surface area contributed by atoms with Crippen LogP contribution in [-0.2, 0) is 0 Å². The van der Waals surface area contributed by atoms with Gasteiger partial charge in [-0.2, -0.15) is 0 Å². The second kappa shape index (κ2) is 4.02. The first-order chi connectivity index (χ1) is 8.24. The third-order valence-electron chi connectivity index (χ3n) is 3.55. The summed E-state index contributed by atoms with van der Waals surface area (Å²) in [5, 5.41) is 3.39. The predicted molar refractivity (Wildman–Crippen MR) is 67.6 cm³/mol. The van der Waals surface area contributed by atoms with E-state index in [4.69, 9.17) is 15.2 Å². The number of nitrogen functional groups attached to an aromatic ring is 1. The molecular weight excluding hydrogens is 216 g/mol. The first kappa shape index (κ1) is 10.6. The SMILES string of the molecule is CC1CC1CNc1cc2c(cc1N)OCCO2. The van der Waals surface area contributed by atoms with Gasteiger partial charge in [0.1, 0.15) is 13.2 Å². The number of hydrogen-bond donors (Lipinski definition) is 2. The van der Waals surface area contributed by atoms with E-state index in [0.29, 0.717) is 13.2 Å². The van der Waals surface area contributed by atoms with Gasteiger partial charge in [0, 0.05) is 18.7 Å². The highest BCUT2D eigenvalue weighted by Crippen LogP contribution is 2.40. The quantitative estimate of drug-likeness (QED) is 0.786. The Morgan fingerprint density at radius 1 is 1.29 bits per heavy atom. The highest BCUT2D eigenvalue weighted by atomic mass is 16.6. The van der Waals surface area contributed by atoms with Gasteiger partial charge in [0.2, 0.25) is 0 Å². The molecule has 4 nitrogen and oxygen atoms in total. The molecule has 0 bridgehead atoms. The number of benzene rings is 1. The van der Waals surface area contributed by atoms with Crippen LogP contribution in [-0.4, -0.2) is 19.8 Å². The lowest BCUT2D eigenvalue weighted by atomic mass is 10.2. The van der Waals surface area contributed by atoms with Gasteiger partial charge in [-0.1, -0.05) is 6.92 Å². The molecule has 1 saturated carbocycles. The molecule has 1 aliphatic carbocycles. The molecule has 3 N–H and O–H groups in total. The van der Waals surface area contributed by atoms with E-state index in [1.165, 1.54) is 6.42 Å². The Balaban J connectivity index is 1.74. The summed E-state index contributed by atoms with van der Waals surface area (Å²) in [4.78, 5) is 0. The minimum Gasteiger partial charge on any atom is -0.486 e. The smallest absolute Gasteiger partial charge is 0.163 e. The summed E-state index contributed by atoms with van der Waals surface area (Å²) in [7, 11) is 0. The zero-order chi connectivity index (χ0) is 11.8. The van der Waals surface area contributed by atoms with Crippen LogP contribution in [0, 0.1) is 11.8 Å². The van der Waals surface area contributed by atoms with Gasteiger partial charge in [0.25, 0.3) is 0 Å². The van der Waals surface area contributed by atoms with Gasteiger partial charge in [0.15, 0.2) is 11.5 Å². The monoisotopic (exact) mass is 234 g/mol. The van der Waals surface area contributed by atoms with E-state index in [9.17, 15) is 0 Å². The molecule has 0 spiro atoms. The zero-order valence-electron chi connectivity index (χ0n) is 10.0. The van der Waals surface area contributed by atoms with E-state index < -0.39 is 0 Å². The number of nitrogens with two attached hydrogens (primary N) is 1. The van der Waals surface area contributed by atoms with Crippen molar-refractivity contribution in [2.45, 2.75) is 13.3 Å². The maximum atomic E-state index is 5.99. The van der Waals surface area contributed by atoms with Crippen molar-refractivity contribution < 1.29 is 9.47 Å². The molecule has 4 heteroatoms. The zero-order valence-corrected chi connectivity index (χ0v) is 10.0. The van der Waals surface area contributed by atoms with Crippen molar-refractivity contribution in [3.8, 4) is 11.5 Å². The molecule has 0 radical (unpaired) electrons. The Morgan fingerprint density at radius 2 is 1.94 bits per heavy atom. The van der Waals surface area contributed by atoms with E-state index in [-0.39, 0.29) is 0 Å². The Morgan fingerprint density at radius 3 is 2.59 bits per heavy atom. The summed E-state index contributed by atoms with van der Waals surface area (Å²) in [5.41, 5.74) is 7.66. The third kappa shape index (κ3) is 2.12. The maximum absolute atomic E-state index is 5.99. The molecule has 1 heterocycles. The van der Waals surface area contributed by atoms with Crippen molar-refractivity contribution in [2.24, 2.45) is 11.8 Å². The Labute approximate surface area is 101 Å². The summed E-state index contributed by atoms with van der Waals surface area (Å²) < 4.78 is 11.0. The van der Waals surface area contributed by atoms with E-state index in [0.717, 1.165) is 41.3 Å². The van der Waals surface area contributed by atoms with Crippen LogP contribution in [0.3, 0.4) is 0 Å². The summed E-state index contributed by atoms with van der Waals surface area (Å²) in [6.45, 7) is 4.47. The highest BCUT2D eigenvalue weighted by Gasteiger charge is 2.32. The number of rotatable bonds is 3. The van der Waals surface area contributed by atoms with E-state index in [1.54, 1.807) is 0 Å². The first-order valence-corrected chi connectivity index (χ1v) is 6.17. The largest absolute Gasteiger partial charge is 0.486 e. The predicted octanol–water partition coefficient (Wildman–Crippen LogP) is 2.11. The molecule has 1 fully saturated rings.